The van der Waals surface area contributed by atoms with Crippen LogP contribution in [0, 0.1) is 5.92 Å². The number of ether oxygens (including phenoxy) is 1. The summed E-state index contributed by atoms with van der Waals surface area (Å²) in [4.78, 5) is 14.6. The molecular weight excluding hydrogens is 328 g/mol. The van der Waals surface area contributed by atoms with Gasteiger partial charge in [0.25, 0.3) is 0 Å². The lowest BCUT2D eigenvalue weighted by Gasteiger charge is -2.36. The van der Waals surface area contributed by atoms with Crippen LogP contribution in [0.15, 0.2) is 24.3 Å². The summed E-state index contributed by atoms with van der Waals surface area (Å²) in [6.07, 6.45) is 3.18. The van der Waals surface area contributed by atoms with E-state index < -0.39 is 16.1 Å². The highest BCUT2D eigenvalue weighted by molar-refractivity contribution is 7.92. The molecule has 0 aromatic heterocycles. The maximum absolute atomic E-state index is 12.8. The van der Waals surface area contributed by atoms with E-state index in [0.29, 0.717) is 30.4 Å². The van der Waals surface area contributed by atoms with Crippen molar-refractivity contribution in [3.05, 3.63) is 24.3 Å². The first kappa shape index (κ1) is 18.6. The van der Waals surface area contributed by atoms with Crippen LogP contribution < -0.4 is 9.04 Å². The molecule has 1 aromatic rings. The van der Waals surface area contributed by atoms with Crippen molar-refractivity contribution in [2.75, 3.05) is 30.8 Å². The summed E-state index contributed by atoms with van der Waals surface area (Å²) in [5, 5.41) is 0. The predicted octanol–water partition coefficient (Wildman–Crippen LogP) is 2.11. The Hall–Kier alpha value is -1.76. The van der Waals surface area contributed by atoms with Crippen molar-refractivity contribution in [2.24, 2.45) is 5.92 Å². The third-order valence-corrected chi connectivity index (χ3v) is 5.58. The number of methoxy groups -OCH3 is 1. The molecule has 0 radical (unpaired) electrons. The number of likely N-dealkylation sites (tertiary alicyclic amines) is 1. The molecule has 0 spiro atoms. The highest BCUT2D eigenvalue weighted by atomic mass is 32.2. The summed E-state index contributed by atoms with van der Waals surface area (Å²) in [5.74, 6) is 0.834. The smallest absolute Gasteiger partial charge is 0.246 e. The Morgan fingerprint density at radius 3 is 2.71 bits per heavy atom. The zero-order chi connectivity index (χ0) is 17.9. The number of anilines is 1. The minimum absolute atomic E-state index is 0.158. The van der Waals surface area contributed by atoms with E-state index >= 15 is 0 Å². The number of rotatable bonds is 5. The summed E-state index contributed by atoms with van der Waals surface area (Å²) in [6.45, 7) is 5.12. The molecule has 6 nitrogen and oxygen atoms in total. The molecule has 2 atom stereocenters. The van der Waals surface area contributed by atoms with E-state index in [-0.39, 0.29) is 5.91 Å². The van der Waals surface area contributed by atoms with Crippen LogP contribution in [0.4, 0.5) is 5.69 Å². The van der Waals surface area contributed by atoms with Gasteiger partial charge in [-0.1, -0.05) is 13.0 Å². The fourth-order valence-electron chi connectivity index (χ4n) is 3.20. The number of sulfonamides is 1. The van der Waals surface area contributed by atoms with Gasteiger partial charge in [0.15, 0.2) is 0 Å². The Morgan fingerprint density at radius 1 is 1.42 bits per heavy atom. The minimum Gasteiger partial charge on any atom is -0.497 e. The average molecular weight is 354 g/mol. The first-order valence-corrected chi connectivity index (χ1v) is 10.0. The van der Waals surface area contributed by atoms with Gasteiger partial charge in [-0.2, -0.15) is 0 Å². The minimum atomic E-state index is -3.61. The van der Waals surface area contributed by atoms with Gasteiger partial charge in [0.2, 0.25) is 15.9 Å². The van der Waals surface area contributed by atoms with Crippen LogP contribution in [0.3, 0.4) is 0 Å². The van der Waals surface area contributed by atoms with Gasteiger partial charge in [-0.3, -0.25) is 9.10 Å². The first-order valence-electron chi connectivity index (χ1n) is 8.16. The molecule has 1 fully saturated rings. The van der Waals surface area contributed by atoms with Gasteiger partial charge in [-0.15, -0.1) is 0 Å². The van der Waals surface area contributed by atoms with Crippen molar-refractivity contribution in [1.82, 2.24) is 4.90 Å². The number of hydrogen-bond acceptors (Lipinski definition) is 4. The zero-order valence-corrected chi connectivity index (χ0v) is 15.5. The number of carbonyl (C=O) groups excluding carboxylic acids is 1. The monoisotopic (exact) mass is 354 g/mol. The Bertz CT molecular complexity index is 690. The van der Waals surface area contributed by atoms with E-state index in [9.17, 15) is 13.2 Å². The predicted molar refractivity (Wildman–Crippen MR) is 94.8 cm³/mol. The molecule has 0 N–H and O–H groups in total. The summed E-state index contributed by atoms with van der Waals surface area (Å²) >= 11 is 0. The molecule has 0 saturated carbocycles. The van der Waals surface area contributed by atoms with Crippen LogP contribution in [0.25, 0.3) is 0 Å². The molecule has 1 amide bonds. The van der Waals surface area contributed by atoms with Crippen LogP contribution in [0.5, 0.6) is 5.75 Å². The van der Waals surface area contributed by atoms with Crippen molar-refractivity contribution in [2.45, 2.75) is 32.7 Å². The second kappa shape index (κ2) is 7.42. The first-order chi connectivity index (χ1) is 11.2. The molecule has 1 aromatic carbocycles. The molecule has 7 heteroatoms. The van der Waals surface area contributed by atoms with Gasteiger partial charge < -0.3 is 9.64 Å². The van der Waals surface area contributed by atoms with Gasteiger partial charge in [0, 0.05) is 19.2 Å². The quantitative estimate of drug-likeness (QED) is 0.812. The molecule has 134 valence electrons. The Labute approximate surface area is 144 Å². The third kappa shape index (κ3) is 4.20. The van der Waals surface area contributed by atoms with Crippen LogP contribution >= 0.6 is 0 Å². The summed E-state index contributed by atoms with van der Waals surface area (Å²) in [6, 6.07) is 5.96. The lowest BCUT2D eigenvalue weighted by Crippen LogP contribution is -2.51. The maximum Gasteiger partial charge on any atom is 0.246 e. The molecule has 1 aliphatic rings. The van der Waals surface area contributed by atoms with Crippen molar-refractivity contribution in [3.8, 4) is 5.75 Å². The Kier molecular flexibility index (Phi) is 5.74. The maximum atomic E-state index is 12.8. The van der Waals surface area contributed by atoms with Gasteiger partial charge in [-0.05, 0) is 37.8 Å². The molecule has 1 saturated heterocycles. The van der Waals surface area contributed by atoms with E-state index in [4.69, 9.17) is 4.74 Å². The number of carbonyl (C=O) groups is 1. The molecular formula is C17H26N2O4S. The molecule has 0 unspecified atom stereocenters. The second-order valence-electron chi connectivity index (χ2n) is 6.47. The molecule has 1 aliphatic heterocycles. The molecule has 0 aliphatic carbocycles. The normalized spacial score (nSPS) is 19.7. The second-order valence-corrected chi connectivity index (χ2v) is 8.33. The van der Waals surface area contributed by atoms with Crippen molar-refractivity contribution in [1.29, 1.82) is 0 Å². The van der Waals surface area contributed by atoms with E-state index in [1.165, 1.54) is 11.4 Å². The van der Waals surface area contributed by atoms with Crippen molar-refractivity contribution >= 4 is 21.6 Å². The summed E-state index contributed by atoms with van der Waals surface area (Å²) in [5.41, 5.74) is 0.433. The Balaban J connectivity index is 2.32. The van der Waals surface area contributed by atoms with Crippen molar-refractivity contribution in [3.63, 3.8) is 0 Å². The van der Waals surface area contributed by atoms with Crippen LogP contribution in [0.2, 0.25) is 0 Å². The lowest BCUT2D eigenvalue weighted by molar-refractivity contribution is -0.133. The van der Waals surface area contributed by atoms with Gasteiger partial charge in [0.05, 0.1) is 19.1 Å². The number of hydrogen-bond donors (Lipinski definition) is 0. The lowest BCUT2D eigenvalue weighted by atomic mass is 10.00. The van der Waals surface area contributed by atoms with Gasteiger partial charge >= 0.3 is 0 Å². The standard InChI is InChI=1S/C17H26N2O4S/c1-13-7-6-10-18(12-13)17(20)14(2)19(24(4,21)22)15-8-5-9-16(11-15)23-3/h5,8-9,11,13-14H,6-7,10,12H2,1-4H3/t13-,14-/m1/s1. The van der Waals surface area contributed by atoms with Gasteiger partial charge in [-0.25, -0.2) is 8.42 Å². The van der Waals surface area contributed by atoms with E-state index in [1.54, 1.807) is 36.1 Å². The van der Waals surface area contributed by atoms with E-state index in [0.717, 1.165) is 19.1 Å². The average Bonchev–Trinajstić information content (AvgIpc) is 2.53. The molecule has 24 heavy (non-hydrogen) atoms. The SMILES string of the molecule is COc1cccc(N([C@H](C)C(=O)N2CCC[C@@H](C)C2)S(C)(=O)=O)c1. The summed E-state index contributed by atoms with van der Waals surface area (Å²) in [7, 11) is -2.09. The number of benzene rings is 1. The fraction of sp³-hybridized carbons (Fsp3) is 0.588. The highest BCUT2D eigenvalue weighted by Gasteiger charge is 2.33. The Morgan fingerprint density at radius 2 is 2.12 bits per heavy atom. The van der Waals surface area contributed by atoms with Crippen LogP contribution in [0.1, 0.15) is 26.7 Å². The van der Waals surface area contributed by atoms with Crippen molar-refractivity contribution < 1.29 is 17.9 Å². The molecule has 0 bridgehead atoms. The van der Waals surface area contributed by atoms with Crippen LogP contribution in [-0.4, -0.2) is 51.7 Å². The number of piperidine rings is 1. The third-order valence-electron chi connectivity index (χ3n) is 4.34. The molecule has 1 heterocycles. The fourth-order valence-corrected chi connectivity index (χ4v) is 4.37. The van der Waals surface area contributed by atoms with Crippen LogP contribution in [-0.2, 0) is 14.8 Å². The zero-order valence-electron chi connectivity index (χ0n) is 14.7. The highest BCUT2D eigenvalue weighted by Crippen LogP contribution is 2.26. The molecule has 2 rings (SSSR count). The van der Waals surface area contributed by atoms with E-state index in [2.05, 4.69) is 6.92 Å². The number of nitrogens with zero attached hydrogens (tertiary/aromatic N) is 2. The van der Waals surface area contributed by atoms with Gasteiger partial charge in [0.1, 0.15) is 11.8 Å². The van der Waals surface area contributed by atoms with E-state index in [1.807, 2.05) is 0 Å². The summed E-state index contributed by atoms with van der Waals surface area (Å²) < 4.78 is 31.0. The topological polar surface area (TPSA) is 66.9 Å². The largest absolute Gasteiger partial charge is 0.497 e. The number of amides is 1.